The molecule has 27 heavy (non-hydrogen) atoms. The molecule has 146 valence electrons. The first-order valence-corrected chi connectivity index (χ1v) is 9.69. The lowest BCUT2D eigenvalue weighted by molar-refractivity contribution is -0.126. The quantitative estimate of drug-likeness (QED) is 0.717. The molecule has 1 aliphatic heterocycles. The molecule has 1 amide bonds. The molecule has 3 atom stereocenters. The zero-order valence-electron chi connectivity index (χ0n) is 15.8. The van der Waals surface area contributed by atoms with Gasteiger partial charge in [-0.2, -0.15) is 0 Å². The molecule has 1 aliphatic rings. The summed E-state index contributed by atoms with van der Waals surface area (Å²) in [4.78, 5) is 30.3. The first-order chi connectivity index (χ1) is 12.8. The molecule has 1 saturated heterocycles. The van der Waals surface area contributed by atoms with Crippen LogP contribution in [0.15, 0.2) is 22.7 Å². The molecular weight excluding hydrogens is 414 g/mol. The molecule has 2 N–H and O–H groups in total. The van der Waals surface area contributed by atoms with Crippen LogP contribution in [0.4, 0.5) is 5.69 Å². The average molecular weight is 438 g/mol. The fourth-order valence-corrected chi connectivity index (χ4v) is 3.84. The van der Waals surface area contributed by atoms with Crippen LogP contribution in [0.3, 0.4) is 0 Å². The molecule has 0 unspecified atom stereocenters. The number of benzene rings is 1. The second-order valence-electron chi connectivity index (χ2n) is 6.93. The molecule has 1 aromatic heterocycles. The molecule has 0 aliphatic carbocycles. The number of nitrogens with zero attached hydrogens (tertiary/aromatic N) is 1. The number of halogens is 1. The van der Waals surface area contributed by atoms with Crippen LogP contribution >= 0.6 is 15.9 Å². The lowest BCUT2D eigenvalue weighted by Crippen LogP contribution is -2.52. The Bertz CT molecular complexity index is 856. The minimum Gasteiger partial charge on any atom is -0.464 e. The summed E-state index contributed by atoms with van der Waals surface area (Å²) in [7, 11) is 1.31. The van der Waals surface area contributed by atoms with Crippen LogP contribution < -0.4 is 5.32 Å². The van der Waals surface area contributed by atoms with Gasteiger partial charge in [0.15, 0.2) is 0 Å². The van der Waals surface area contributed by atoms with E-state index < -0.39 is 5.97 Å². The summed E-state index contributed by atoms with van der Waals surface area (Å²) < 4.78 is 11.5. The van der Waals surface area contributed by atoms with Crippen LogP contribution in [0.5, 0.6) is 0 Å². The number of amides is 1. The number of hydrogen-bond donors (Lipinski definition) is 2. The van der Waals surface area contributed by atoms with Crippen molar-refractivity contribution in [3.63, 3.8) is 0 Å². The monoisotopic (exact) mass is 437 g/mol. The van der Waals surface area contributed by atoms with E-state index in [4.69, 9.17) is 9.47 Å². The van der Waals surface area contributed by atoms with E-state index in [0.717, 1.165) is 15.4 Å². The number of hydrogen-bond acceptors (Lipinski definition) is 5. The number of ether oxygens (including phenoxy) is 2. The lowest BCUT2D eigenvalue weighted by Gasteiger charge is -2.38. The summed E-state index contributed by atoms with van der Waals surface area (Å²) >= 11 is 3.44. The highest BCUT2D eigenvalue weighted by Crippen LogP contribution is 2.31. The van der Waals surface area contributed by atoms with Crippen LogP contribution in [-0.4, -0.2) is 60.2 Å². The van der Waals surface area contributed by atoms with Gasteiger partial charge in [0, 0.05) is 28.5 Å². The Labute approximate surface area is 166 Å². The van der Waals surface area contributed by atoms with Gasteiger partial charge in [-0.3, -0.25) is 9.69 Å². The molecular formula is C19H24BrN3O4. The van der Waals surface area contributed by atoms with Gasteiger partial charge in [-0.25, -0.2) is 4.79 Å². The number of fused-ring (bicyclic) bond motifs is 1. The van der Waals surface area contributed by atoms with E-state index in [1.807, 2.05) is 39.0 Å². The maximum absolute atomic E-state index is 12.9. The molecule has 0 saturated carbocycles. The third-order valence-electron chi connectivity index (χ3n) is 4.77. The molecule has 0 bridgehead atoms. The number of aromatic amines is 1. The van der Waals surface area contributed by atoms with E-state index >= 15 is 0 Å². The van der Waals surface area contributed by atoms with Crippen LogP contribution in [0.25, 0.3) is 10.9 Å². The number of carbonyl (C=O) groups is 2. The summed E-state index contributed by atoms with van der Waals surface area (Å²) in [5.74, 6) is -0.707. The van der Waals surface area contributed by atoms with Crippen LogP contribution in [0.1, 0.15) is 31.3 Å². The van der Waals surface area contributed by atoms with E-state index in [1.165, 1.54) is 7.11 Å². The van der Waals surface area contributed by atoms with Gasteiger partial charge in [0.2, 0.25) is 5.91 Å². The van der Waals surface area contributed by atoms with Gasteiger partial charge >= 0.3 is 5.97 Å². The van der Waals surface area contributed by atoms with Crippen molar-refractivity contribution in [1.82, 2.24) is 9.88 Å². The number of rotatable bonds is 4. The fourth-order valence-electron chi connectivity index (χ4n) is 3.48. The van der Waals surface area contributed by atoms with Gasteiger partial charge in [0.05, 0.1) is 31.0 Å². The predicted octanol–water partition coefficient (Wildman–Crippen LogP) is 3.15. The lowest BCUT2D eigenvalue weighted by atomic mass is 10.1. The average Bonchev–Trinajstić information content (AvgIpc) is 2.97. The normalized spacial score (nSPS) is 21.8. The first-order valence-electron chi connectivity index (χ1n) is 8.90. The third kappa shape index (κ3) is 4.17. The number of esters is 1. The number of morpholine rings is 1. The summed E-state index contributed by atoms with van der Waals surface area (Å²) in [6, 6.07) is 5.21. The Morgan fingerprint density at radius 2 is 2.00 bits per heavy atom. The number of nitrogens with one attached hydrogen (secondary N) is 2. The van der Waals surface area contributed by atoms with Gasteiger partial charge in [-0.05, 0) is 39.0 Å². The summed E-state index contributed by atoms with van der Waals surface area (Å²) in [5, 5.41) is 3.67. The van der Waals surface area contributed by atoms with E-state index in [0.29, 0.717) is 18.8 Å². The minimum absolute atomic E-state index is 0.0682. The van der Waals surface area contributed by atoms with E-state index in [9.17, 15) is 9.59 Å². The first kappa shape index (κ1) is 19.9. The number of carbonyl (C=O) groups excluding carboxylic acids is 2. The zero-order chi connectivity index (χ0) is 19.7. The number of aromatic nitrogens is 1. The maximum Gasteiger partial charge on any atom is 0.356 e. The zero-order valence-corrected chi connectivity index (χ0v) is 17.4. The highest BCUT2D eigenvalue weighted by Gasteiger charge is 2.30. The van der Waals surface area contributed by atoms with Crippen molar-refractivity contribution in [2.24, 2.45) is 0 Å². The molecule has 7 nitrogen and oxygen atoms in total. The minimum atomic E-state index is -0.529. The molecule has 1 fully saturated rings. The Morgan fingerprint density at radius 1 is 1.33 bits per heavy atom. The Kier molecular flexibility index (Phi) is 5.88. The smallest absolute Gasteiger partial charge is 0.356 e. The van der Waals surface area contributed by atoms with Crippen LogP contribution in [0, 0.1) is 0 Å². The molecule has 3 rings (SSSR count). The number of methoxy groups -OCH3 is 1. The topological polar surface area (TPSA) is 83.7 Å². The van der Waals surface area contributed by atoms with E-state index in [-0.39, 0.29) is 29.9 Å². The molecule has 0 spiro atoms. The van der Waals surface area contributed by atoms with Crippen LogP contribution in [0.2, 0.25) is 0 Å². The van der Waals surface area contributed by atoms with Crippen molar-refractivity contribution in [2.75, 3.05) is 25.5 Å². The fraction of sp³-hybridized carbons (Fsp3) is 0.474. The Morgan fingerprint density at radius 3 is 2.63 bits per heavy atom. The highest BCUT2D eigenvalue weighted by atomic mass is 79.9. The Balaban J connectivity index is 1.89. The summed E-state index contributed by atoms with van der Waals surface area (Å²) in [5.41, 5.74) is 1.41. The van der Waals surface area contributed by atoms with E-state index in [2.05, 4.69) is 31.1 Å². The standard InChI is InChI=1S/C19H24BrN3O4/c1-10-8-23(9-11(2)27-10)12(3)18(24)22-16-14-7-13(20)5-6-15(14)21-17(16)19(25)26-4/h5-7,10-12,21H,8-9H2,1-4H3,(H,22,24)/t10-,11+,12-/m1/s1. The maximum atomic E-state index is 12.9. The van der Waals surface area contributed by atoms with Crippen molar-refractivity contribution in [3.05, 3.63) is 28.4 Å². The predicted molar refractivity (Wildman–Crippen MR) is 107 cm³/mol. The van der Waals surface area contributed by atoms with Crippen molar-refractivity contribution < 1.29 is 19.1 Å². The molecule has 2 aromatic rings. The van der Waals surface area contributed by atoms with Crippen molar-refractivity contribution in [3.8, 4) is 0 Å². The second kappa shape index (κ2) is 8.00. The molecule has 8 heteroatoms. The van der Waals surface area contributed by atoms with Crippen LogP contribution in [-0.2, 0) is 14.3 Å². The Hall–Kier alpha value is -1.90. The largest absolute Gasteiger partial charge is 0.464 e. The van der Waals surface area contributed by atoms with Crippen molar-refractivity contribution >= 4 is 44.4 Å². The van der Waals surface area contributed by atoms with E-state index in [1.54, 1.807) is 0 Å². The van der Waals surface area contributed by atoms with Crippen molar-refractivity contribution in [2.45, 2.75) is 39.0 Å². The molecule has 2 heterocycles. The van der Waals surface area contributed by atoms with Gasteiger partial charge in [-0.1, -0.05) is 15.9 Å². The van der Waals surface area contributed by atoms with Gasteiger partial charge in [0.1, 0.15) is 5.69 Å². The summed E-state index contributed by atoms with van der Waals surface area (Å²) in [6.07, 6.45) is 0.136. The van der Waals surface area contributed by atoms with Gasteiger partial charge in [-0.15, -0.1) is 0 Å². The SMILES string of the molecule is COC(=O)c1[nH]c2ccc(Br)cc2c1NC(=O)[C@@H](C)N1C[C@@H](C)O[C@@H](C)C1. The summed E-state index contributed by atoms with van der Waals surface area (Å²) in [6.45, 7) is 7.23. The second-order valence-corrected chi connectivity index (χ2v) is 7.85. The molecule has 1 aromatic carbocycles. The van der Waals surface area contributed by atoms with Gasteiger partial charge in [0.25, 0.3) is 0 Å². The molecule has 0 radical (unpaired) electrons. The third-order valence-corrected chi connectivity index (χ3v) is 5.27. The van der Waals surface area contributed by atoms with Gasteiger partial charge < -0.3 is 19.8 Å². The number of H-pyrrole nitrogens is 1. The van der Waals surface area contributed by atoms with Crippen molar-refractivity contribution in [1.29, 1.82) is 0 Å². The highest BCUT2D eigenvalue weighted by molar-refractivity contribution is 9.10. The number of anilines is 1.